The molecule has 0 heterocycles. The number of benzene rings is 1. The highest BCUT2D eigenvalue weighted by Crippen LogP contribution is 2.41. The van der Waals surface area contributed by atoms with Crippen LogP contribution in [0.2, 0.25) is 0 Å². The summed E-state index contributed by atoms with van der Waals surface area (Å²) in [7, 11) is 0. The molecule has 1 aliphatic carbocycles. The summed E-state index contributed by atoms with van der Waals surface area (Å²) in [6.45, 7) is 10.4. The van der Waals surface area contributed by atoms with Crippen LogP contribution in [0.5, 0.6) is 0 Å². The molecule has 0 aliphatic heterocycles. The van der Waals surface area contributed by atoms with Gasteiger partial charge in [0.1, 0.15) is 0 Å². The first-order valence-electron chi connectivity index (χ1n) is 7.37. The molecule has 3 atom stereocenters. The van der Waals surface area contributed by atoms with Crippen molar-refractivity contribution in [2.75, 3.05) is 6.54 Å². The zero-order valence-electron chi connectivity index (χ0n) is 12.3. The molecule has 1 aliphatic rings. The van der Waals surface area contributed by atoms with E-state index in [9.17, 15) is 5.11 Å². The molecule has 0 radical (unpaired) electrons. The monoisotopic (exact) mass is 271 g/mol. The SMILES string of the molecule is C=C[C@@H]1CC[C@@H](C=C)C1(O)CNC(C)c1ccccc1. The lowest BCUT2D eigenvalue weighted by Crippen LogP contribution is -2.48. The third kappa shape index (κ3) is 2.87. The first-order valence-corrected chi connectivity index (χ1v) is 7.37. The fourth-order valence-corrected chi connectivity index (χ4v) is 3.22. The molecular formula is C18H25NO. The van der Waals surface area contributed by atoms with Gasteiger partial charge in [-0.1, -0.05) is 42.5 Å². The lowest BCUT2D eigenvalue weighted by atomic mass is 9.83. The van der Waals surface area contributed by atoms with Crippen molar-refractivity contribution in [3.05, 3.63) is 61.2 Å². The smallest absolute Gasteiger partial charge is 0.0895 e. The van der Waals surface area contributed by atoms with Crippen LogP contribution in [0.1, 0.15) is 31.4 Å². The summed E-state index contributed by atoms with van der Waals surface area (Å²) in [5, 5.41) is 14.5. The number of nitrogens with one attached hydrogen (secondary N) is 1. The van der Waals surface area contributed by atoms with Crippen LogP contribution in [0, 0.1) is 11.8 Å². The first-order chi connectivity index (χ1) is 9.61. The van der Waals surface area contributed by atoms with Crippen molar-refractivity contribution < 1.29 is 5.11 Å². The topological polar surface area (TPSA) is 32.3 Å². The van der Waals surface area contributed by atoms with E-state index in [0.29, 0.717) is 6.54 Å². The molecule has 0 saturated heterocycles. The average Bonchev–Trinajstić information content (AvgIpc) is 2.82. The Bertz CT molecular complexity index is 438. The second kappa shape index (κ2) is 6.38. The Morgan fingerprint density at radius 2 is 1.80 bits per heavy atom. The van der Waals surface area contributed by atoms with Crippen LogP contribution >= 0.6 is 0 Å². The molecule has 1 saturated carbocycles. The molecule has 2 heteroatoms. The van der Waals surface area contributed by atoms with Gasteiger partial charge in [-0.3, -0.25) is 0 Å². The summed E-state index contributed by atoms with van der Waals surface area (Å²) in [5.74, 6) is 0.280. The van der Waals surface area contributed by atoms with Crippen LogP contribution in [0.25, 0.3) is 0 Å². The van der Waals surface area contributed by atoms with Gasteiger partial charge in [0.25, 0.3) is 0 Å². The standard InChI is InChI=1S/C18H25NO/c1-4-16-11-12-17(5-2)18(16,20)13-19-14(3)15-9-7-6-8-10-15/h4-10,14,16-17,19-20H,1-2,11-13H2,3H3/t14?,16-,17-/m1/s1. The first kappa shape index (κ1) is 15.0. The minimum Gasteiger partial charge on any atom is -0.387 e. The number of hydrogen-bond acceptors (Lipinski definition) is 2. The molecule has 108 valence electrons. The van der Waals surface area contributed by atoms with E-state index < -0.39 is 5.60 Å². The van der Waals surface area contributed by atoms with Gasteiger partial charge in [-0.15, -0.1) is 13.2 Å². The van der Waals surface area contributed by atoms with Crippen molar-refractivity contribution in [2.45, 2.75) is 31.4 Å². The molecule has 0 aromatic heterocycles. The maximum atomic E-state index is 11.0. The van der Waals surface area contributed by atoms with Crippen LogP contribution in [-0.2, 0) is 0 Å². The minimum absolute atomic E-state index is 0.140. The van der Waals surface area contributed by atoms with Gasteiger partial charge in [-0.25, -0.2) is 0 Å². The number of rotatable bonds is 6. The van der Waals surface area contributed by atoms with Gasteiger partial charge < -0.3 is 10.4 Å². The molecule has 2 N–H and O–H groups in total. The molecule has 0 spiro atoms. The molecule has 20 heavy (non-hydrogen) atoms. The number of hydrogen-bond donors (Lipinski definition) is 2. The van der Waals surface area contributed by atoms with Gasteiger partial charge in [0.05, 0.1) is 5.60 Å². The van der Waals surface area contributed by atoms with E-state index in [4.69, 9.17) is 0 Å². The lowest BCUT2D eigenvalue weighted by molar-refractivity contribution is -0.00764. The van der Waals surface area contributed by atoms with E-state index in [1.54, 1.807) is 0 Å². The van der Waals surface area contributed by atoms with E-state index in [0.717, 1.165) is 12.8 Å². The summed E-state index contributed by atoms with van der Waals surface area (Å²) in [5.41, 5.74) is 0.478. The Balaban J connectivity index is 2.04. The van der Waals surface area contributed by atoms with Gasteiger partial charge in [-0.2, -0.15) is 0 Å². The summed E-state index contributed by atoms with van der Waals surface area (Å²) in [6.07, 6.45) is 5.74. The van der Waals surface area contributed by atoms with Crippen molar-refractivity contribution in [3.63, 3.8) is 0 Å². The molecule has 0 bridgehead atoms. The van der Waals surface area contributed by atoms with Crippen LogP contribution in [0.15, 0.2) is 55.6 Å². The molecule has 2 nitrogen and oxygen atoms in total. The van der Waals surface area contributed by atoms with Crippen molar-refractivity contribution >= 4 is 0 Å². The third-order valence-corrected chi connectivity index (χ3v) is 4.63. The lowest BCUT2D eigenvalue weighted by Gasteiger charge is -2.34. The second-order valence-electron chi connectivity index (χ2n) is 5.77. The summed E-state index contributed by atoms with van der Waals surface area (Å²) in [4.78, 5) is 0. The van der Waals surface area contributed by atoms with Gasteiger partial charge >= 0.3 is 0 Å². The summed E-state index contributed by atoms with van der Waals surface area (Å²) in [6, 6.07) is 10.5. The predicted molar refractivity (Wildman–Crippen MR) is 84.4 cm³/mol. The van der Waals surface area contributed by atoms with E-state index in [2.05, 4.69) is 37.5 Å². The predicted octanol–water partition coefficient (Wildman–Crippen LogP) is 3.47. The average molecular weight is 271 g/mol. The Hall–Kier alpha value is -1.38. The Morgan fingerprint density at radius 1 is 1.25 bits per heavy atom. The highest BCUT2D eigenvalue weighted by Gasteiger charge is 2.45. The van der Waals surface area contributed by atoms with Crippen molar-refractivity contribution in [1.29, 1.82) is 0 Å². The fraction of sp³-hybridized carbons (Fsp3) is 0.444. The molecular weight excluding hydrogens is 246 g/mol. The molecule has 1 aromatic rings. The fourth-order valence-electron chi connectivity index (χ4n) is 3.22. The van der Waals surface area contributed by atoms with Crippen LogP contribution < -0.4 is 5.32 Å². The summed E-state index contributed by atoms with van der Waals surface area (Å²) < 4.78 is 0. The highest BCUT2D eigenvalue weighted by molar-refractivity contribution is 5.19. The maximum absolute atomic E-state index is 11.0. The molecule has 2 rings (SSSR count). The Morgan fingerprint density at radius 3 is 2.30 bits per heavy atom. The quantitative estimate of drug-likeness (QED) is 0.777. The van der Waals surface area contributed by atoms with Crippen LogP contribution in [-0.4, -0.2) is 17.3 Å². The maximum Gasteiger partial charge on any atom is 0.0895 e. The molecule has 0 amide bonds. The largest absolute Gasteiger partial charge is 0.387 e. The second-order valence-corrected chi connectivity index (χ2v) is 5.77. The minimum atomic E-state index is -0.757. The summed E-state index contributed by atoms with van der Waals surface area (Å²) >= 11 is 0. The Labute approximate surface area is 122 Å². The van der Waals surface area contributed by atoms with E-state index >= 15 is 0 Å². The van der Waals surface area contributed by atoms with Gasteiger partial charge in [0.2, 0.25) is 0 Å². The molecule has 1 aromatic carbocycles. The van der Waals surface area contributed by atoms with Gasteiger partial charge in [0.15, 0.2) is 0 Å². The van der Waals surface area contributed by atoms with Crippen LogP contribution in [0.4, 0.5) is 0 Å². The zero-order chi connectivity index (χ0) is 14.6. The highest BCUT2D eigenvalue weighted by atomic mass is 16.3. The van der Waals surface area contributed by atoms with E-state index in [1.807, 2.05) is 30.4 Å². The van der Waals surface area contributed by atoms with Crippen LogP contribution in [0.3, 0.4) is 0 Å². The normalized spacial score (nSPS) is 26.1. The van der Waals surface area contributed by atoms with E-state index in [-0.39, 0.29) is 17.9 Å². The van der Waals surface area contributed by atoms with Crippen molar-refractivity contribution in [3.8, 4) is 0 Å². The van der Waals surface area contributed by atoms with Gasteiger partial charge in [-0.05, 0) is 25.3 Å². The van der Waals surface area contributed by atoms with Crippen molar-refractivity contribution in [2.24, 2.45) is 11.8 Å². The van der Waals surface area contributed by atoms with Gasteiger partial charge in [0, 0.05) is 24.4 Å². The third-order valence-electron chi connectivity index (χ3n) is 4.63. The number of aliphatic hydroxyl groups is 1. The zero-order valence-corrected chi connectivity index (χ0v) is 12.3. The van der Waals surface area contributed by atoms with Crippen molar-refractivity contribution in [1.82, 2.24) is 5.32 Å². The molecule has 1 unspecified atom stereocenters. The van der Waals surface area contributed by atoms with E-state index in [1.165, 1.54) is 5.56 Å². The molecule has 1 fully saturated rings. The Kier molecular flexibility index (Phi) is 4.79.